The number of pyridine rings is 1. The second-order valence-corrected chi connectivity index (χ2v) is 6.34. The van der Waals surface area contributed by atoms with Crippen molar-refractivity contribution in [3.8, 4) is 0 Å². The van der Waals surface area contributed by atoms with Crippen LogP contribution in [-0.4, -0.2) is 11.5 Å². The fourth-order valence-electron chi connectivity index (χ4n) is 1.96. The lowest BCUT2D eigenvalue weighted by atomic mass is 9.99. The first kappa shape index (κ1) is 15.9. The Labute approximate surface area is 139 Å². The fourth-order valence-corrected chi connectivity index (χ4v) is 2.82. The molecule has 1 aromatic heterocycles. The highest BCUT2D eigenvalue weighted by molar-refractivity contribution is 9.10. The summed E-state index contributed by atoms with van der Waals surface area (Å²) in [7, 11) is 0. The van der Waals surface area contributed by atoms with Crippen LogP contribution in [0.25, 0.3) is 0 Å². The quantitative estimate of drug-likeness (QED) is 0.694. The third kappa shape index (κ3) is 3.39. The van der Waals surface area contributed by atoms with Crippen LogP contribution >= 0.6 is 43.5 Å². The number of hydrogen-bond donors (Lipinski definition) is 1. The maximum atomic E-state index is 14.4. The summed E-state index contributed by atoms with van der Waals surface area (Å²) in [4.78, 5) is 4.13. The maximum Gasteiger partial charge on any atom is 0.148 e. The first-order chi connectivity index (χ1) is 9.54. The Balaban J connectivity index is 2.51. The minimum Gasteiger partial charge on any atom is -0.306 e. The Morgan fingerprint density at radius 1 is 1.35 bits per heavy atom. The van der Waals surface area contributed by atoms with Gasteiger partial charge in [0.05, 0.1) is 11.1 Å². The lowest BCUT2D eigenvalue weighted by Crippen LogP contribution is -2.23. The molecule has 0 fully saturated rings. The van der Waals surface area contributed by atoms with Crippen LogP contribution in [0.1, 0.15) is 24.1 Å². The molecule has 0 saturated heterocycles. The third-order valence-corrected chi connectivity index (χ3v) is 4.54. The van der Waals surface area contributed by atoms with Gasteiger partial charge in [-0.15, -0.1) is 0 Å². The Morgan fingerprint density at radius 2 is 2.10 bits per heavy atom. The van der Waals surface area contributed by atoms with Crippen LogP contribution in [0.2, 0.25) is 5.02 Å². The Hall–Kier alpha value is -0.490. The van der Waals surface area contributed by atoms with E-state index in [4.69, 9.17) is 11.6 Å². The summed E-state index contributed by atoms with van der Waals surface area (Å²) in [6, 6.07) is 5.08. The highest BCUT2D eigenvalue weighted by atomic mass is 79.9. The molecule has 1 unspecified atom stereocenters. The lowest BCUT2D eigenvalue weighted by Gasteiger charge is -2.20. The van der Waals surface area contributed by atoms with E-state index in [2.05, 4.69) is 42.2 Å². The van der Waals surface area contributed by atoms with Crippen LogP contribution in [0.15, 0.2) is 39.5 Å². The van der Waals surface area contributed by atoms with Crippen molar-refractivity contribution in [3.05, 3.63) is 61.5 Å². The Morgan fingerprint density at radius 3 is 2.75 bits per heavy atom. The van der Waals surface area contributed by atoms with Crippen molar-refractivity contribution in [1.82, 2.24) is 10.3 Å². The molecule has 2 rings (SSSR count). The van der Waals surface area contributed by atoms with Crippen LogP contribution in [0.4, 0.5) is 4.39 Å². The van der Waals surface area contributed by atoms with E-state index in [9.17, 15) is 4.39 Å². The molecule has 2 nitrogen and oxygen atoms in total. The summed E-state index contributed by atoms with van der Waals surface area (Å²) in [5, 5.41) is 3.35. The van der Waals surface area contributed by atoms with E-state index < -0.39 is 5.82 Å². The molecule has 0 aliphatic carbocycles. The molecule has 106 valence electrons. The van der Waals surface area contributed by atoms with Crippen LogP contribution in [0.5, 0.6) is 0 Å². The van der Waals surface area contributed by atoms with E-state index in [0.29, 0.717) is 16.6 Å². The van der Waals surface area contributed by atoms with Gasteiger partial charge in [-0.1, -0.05) is 24.6 Å². The van der Waals surface area contributed by atoms with Gasteiger partial charge in [-0.25, -0.2) is 4.39 Å². The number of hydrogen-bond acceptors (Lipinski definition) is 2. The monoisotopic (exact) mass is 420 g/mol. The average molecular weight is 423 g/mol. The van der Waals surface area contributed by atoms with Gasteiger partial charge < -0.3 is 5.32 Å². The zero-order chi connectivity index (χ0) is 14.7. The largest absolute Gasteiger partial charge is 0.306 e. The van der Waals surface area contributed by atoms with E-state index >= 15 is 0 Å². The average Bonchev–Trinajstić information content (AvgIpc) is 2.43. The van der Waals surface area contributed by atoms with Crippen molar-refractivity contribution < 1.29 is 4.39 Å². The van der Waals surface area contributed by atoms with Crippen molar-refractivity contribution >= 4 is 43.5 Å². The summed E-state index contributed by atoms with van der Waals surface area (Å²) in [5.41, 5.74) is 1.37. The van der Waals surface area contributed by atoms with E-state index in [0.717, 1.165) is 10.0 Å². The topological polar surface area (TPSA) is 24.9 Å². The highest BCUT2D eigenvalue weighted by Crippen LogP contribution is 2.33. The van der Waals surface area contributed by atoms with Crippen molar-refractivity contribution in [3.63, 3.8) is 0 Å². The van der Waals surface area contributed by atoms with Crippen LogP contribution in [-0.2, 0) is 0 Å². The number of aromatic nitrogens is 1. The minimum atomic E-state index is -0.424. The van der Waals surface area contributed by atoms with Gasteiger partial charge in [0, 0.05) is 26.9 Å². The van der Waals surface area contributed by atoms with Gasteiger partial charge in [0.25, 0.3) is 0 Å². The van der Waals surface area contributed by atoms with Gasteiger partial charge in [0.1, 0.15) is 5.82 Å². The van der Waals surface area contributed by atoms with Crippen molar-refractivity contribution in [2.45, 2.75) is 13.0 Å². The summed E-state index contributed by atoms with van der Waals surface area (Å²) >= 11 is 12.6. The Kier molecular flexibility index (Phi) is 5.55. The van der Waals surface area contributed by atoms with Crippen LogP contribution in [0.3, 0.4) is 0 Å². The first-order valence-electron chi connectivity index (χ1n) is 6.01. The lowest BCUT2D eigenvalue weighted by molar-refractivity contribution is 0.558. The number of nitrogens with zero attached hydrogens (tertiary/aromatic N) is 1. The molecule has 6 heteroatoms. The predicted octanol–water partition coefficient (Wildman–Crippen LogP) is 5.10. The molecule has 0 amide bonds. The molecule has 0 aliphatic heterocycles. The number of nitrogens with one attached hydrogen (secondary N) is 1. The number of rotatable bonds is 4. The molecule has 1 aromatic carbocycles. The van der Waals surface area contributed by atoms with E-state index in [-0.39, 0.29) is 11.1 Å². The molecule has 0 saturated carbocycles. The standard InChI is InChI=1S/C14H12Br2ClFN2/c1-2-20-14(8-5-9(15)7-19-6-8)10-3-4-11(16)12(17)13(10)18/h3-7,14,20H,2H2,1H3. The highest BCUT2D eigenvalue weighted by Gasteiger charge is 2.20. The van der Waals surface area contributed by atoms with Crippen molar-refractivity contribution in [1.29, 1.82) is 0 Å². The zero-order valence-corrected chi connectivity index (χ0v) is 14.6. The van der Waals surface area contributed by atoms with Crippen molar-refractivity contribution in [2.75, 3.05) is 6.54 Å². The molecule has 0 aliphatic rings. The maximum absolute atomic E-state index is 14.4. The summed E-state index contributed by atoms with van der Waals surface area (Å²) < 4.78 is 15.8. The minimum absolute atomic E-state index is 0.0911. The van der Waals surface area contributed by atoms with Gasteiger partial charge in [-0.05, 0) is 56.1 Å². The zero-order valence-electron chi connectivity index (χ0n) is 10.6. The normalized spacial score (nSPS) is 12.4. The molecule has 0 spiro atoms. The number of halogens is 4. The summed E-state index contributed by atoms with van der Waals surface area (Å²) in [6.07, 6.45) is 3.41. The second-order valence-electron chi connectivity index (χ2n) is 4.19. The fraction of sp³-hybridized carbons (Fsp3) is 0.214. The van der Waals surface area contributed by atoms with E-state index in [1.165, 1.54) is 0 Å². The van der Waals surface area contributed by atoms with Crippen molar-refractivity contribution in [2.24, 2.45) is 0 Å². The van der Waals surface area contributed by atoms with Gasteiger partial charge in [-0.3, -0.25) is 4.98 Å². The van der Waals surface area contributed by atoms with E-state index in [1.54, 1.807) is 24.5 Å². The van der Waals surface area contributed by atoms with Gasteiger partial charge in [0.15, 0.2) is 0 Å². The van der Waals surface area contributed by atoms with Crippen LogP contribution < -0.4 is 5.32 Å². The smallest absolute Gasteiger partial charge is 0.148 e. The van der Waals surface area contributed by atoms with E-state index in [1.807, 2.05) is 13.0 Å². The molecular weight excluding hydrogens is 410 g/mol. The molecule has 1 atom stereocenters. The summed E-state index contributed by atoms with van der Waals surface area (Å²) in [6.45, 7) is 2.67. The molecular formula is C14H12Br2ClFN2. The molecule has 0 radical (unpaired) electrons. The van der Waals surface area contributed by atoms with Gasteiger partial charge in [-0.2, -0.15) is 0 Å². The molecule has 1 heterocycles. The van der Waals surface area contributed by atoms with Gasteiger partial charge >= 0.3 is 0 Å². The predicted molar refractivity (Wildman–Crippen MR) is 86.6 cm³/mol. The SMILES string of the molecule is CCNC(c1cncc(Br)c1)c1ccc(Br)c(Cl)c1F. The van der Waals surface area contributed by atoms with Gasteiger partial charge in [0.2, 0.25) is 0 Å². The van der Waals surface area contributed by atoms with Crippen LogP contribution in [0, 0.1) is 5.82 Å². The third-order valence-electron chi connectivity index (χ3n) is 2.84. The summed E-state index contributed by atoms with van der Waals surface area (Å²) in [5.74, 6) is -0.424. The molecule has 0 bridgehead atoms. The first-order valence-corrected chi connectivity index (χ1v) is 7.98. The molecule has 1 N–H and O–H groups in total. The Bertz CT molecular complexity index is 622. The second kappa shape index (κ2) is 6.98. The number of benzene rings is 1. The molecule has 20 heavy (non-hydrogen) atoms. The molecule has 2 aromatic rings.